The van der Waals surface area contributed by atoms with E-state index in [0.29, 0.717) is 5.56 Å². The third kappa shape index (κ3) is 5.59. The van der Waals surface area contributed by atoms with E-state index in [4.69, 9.17) is 27.9 Å². The normalized spacial score (nSPS) is 14.5. The second-order valence-electron chi connectivity index (χ2n) is 6.53. The van der Waals surface area contributed by atoms with Crippen LogP contribution in [-0.2, 0) is 9.53 Å². The van der Waals surface area contributed by atoms with Gasteiger partial charge < -0.3 is 14.4 Å². The molecule has 0 amide bonds. The van der Waals surface area contributed by atoms with Gasteiger partial charge in [0.2, 0.25) is 0 Å². The van der Waals surface area contributed by atoms with Crippen LogP contribution in [-0.4, -0.2) is 68.1 Å². The van der Waals surface area contributed by atoms with E-state index >= 15 is 0 Å². The van der Waals surface area contributed by atoms with Crippen LogP contribution in [0.3, 0.4) is 0 Å². The van der Waals surface area contributed by atoms with Crippen molar-refractivity contribution in [1.82, 2.24) is 9.88 Å². The zero-order chi connectivity index (χ0) is 20.8. The molecule has 0 radical (unpaired) electrons. The number of carbonyl (C=O) groups is 2. The number of pyridine rings is 1. The quantitative estimate of drug-likeness (QED) is 0.486. The highest BCUT2D eigenvalue weighted by molar-refractivity contribution is 6.37. The molecule has 0 bridgehead atoms. The van der Waals surface area contributed by atoms with E-state index < -0.39 is 5.97 Å². The van der Waals surface area contributed by atoms with Gasteiger partial charge in [-0.1, -0.05) is 23.2 Å². The number of anilines is 1. The summed E-state index contributed by atoms with van der Waals surface area (Å²) in [4.78, 5) is 32.3. The Labute approximate surface area is 179 Å². The molecule has 9 heteroatoms. The Bertz CT molecular complexity index is 848. The maximum absolute atomic E-state index is 12.7. The maximum Gasteiger partial charge on any atom is 0.343 e. The van der Waals surface area contributed by atoms with Crippen LogP contribution in [0.4, 0.5) is 5.69 Å². The molecule has 3 rings (SSSR count). The van der Waals surface area contributed by atoms with Crippen LogP contribution >= 0.6 is 23.2 Å². The molecule has 1 aliphatic rings. The SMILES string of the molecule is COC(=O)COc1c(Cl)cc(C(=O)CN2CCN(c3ccncc3)CC2)cc1Cl. The topological polar surface area (TPSA) is 72.0 Å². The summed E-state index contributed by atoms with van der Waals surface area (Å²) in [5, 5.41) is 0.347. The lowest BCUT2D eigenvalue weighted by Crippen LogP contribution is -2.48. The first-order valence-electron chi connectivity index (χ1n) is 9.07. The van der Waals surface area contributed by atoms with Gasteiger partial charge in [-0.25, -0.2) is 4.79 Å². The summed E-state index contributed by atoms with van der Waals surface area (Å²) < 4.78 is 9.81. The highest BCUT2D eigenvalue weighted by Crippen LogP contribution is 2.34. The Morgan fingerprint density at radius 2 is 1.69 bits per heavy atom. The third-order valence-electron chi connectivity index (χ3n) is 4.65. The molecule has 29 heavy (non-hydrogen) atoms. The number of carbonyl (C=O) groups excluding carboxylic acids is 2. The molecule has 1 aromatic carbocycles. The van der Waals surface area contributed by atoms with Gasteiger partial charge in [-0.3, -0.25) is 14.7 Å². The summed E-state index contributed by atoms with van der Waals surface area (Å²) in [6.07, 6.45) is 3.55. The van der Waals surface area contributed by atoms with Gasteiger partial charge in [0.1, 0.15) is 0 Å². The minimum absolute atomic E-state index is 0.0781. The van der Waals surface area contributed by atoms with E-state index in [2.05, 4.69) is 19.5 Å². The van der Waals surface area contributed by atoms with Crippen molar-refractivity contribution in [3.8, 4) is 5.75 Å². The van der Waals surface area contributed by atoms with Crippen LogP contribution in [0.1, 0.15) is 10.4 Å². The number of methoxy groups -OCH3 is 1. The number of ether oxygens (including phenoxy) is 2. The third-order valence-corrected chi connectivity index (χ3v) is 5.21. The molecule has 1 saturated heterocycles. The van der Waals surface area contributed by atoms with Crippen LogP contribution in [0.2, 0.25) is 10.0 Å². The first kappa shape index (κ1) is 21.4. The van der Waals surface area contributed by atoms with Crippen LogP contribution in [0.25, 0.3) is 0 Å². The summed E-state index contributed by atoms with van der Waals surface area (Å²) in [5.41, 5.74) is 1.54. The van der Waals surface area contributed by atoms with E-state index in [1.54, 1.807) is 12.4 Å². The molecule has 0 saturated carbocycles. The largest absolute Gasteiger partial charge is 0.479 e. The number of aromatic nitrogens is 1. The molecule has 1 aromatic heterocycles. The zero-order valence-corrected chi connectivity index (χ0v) is 17.4. The van der Waals surface area contributed by atoms with E-state index in [9.17, 15) is 9.59 Å². The molecular formula is C20H21Cl2N3O4. The molecule has 0 aliphatic carbocycles. The molecule has 0 unspecified atom stereocenters. The number of benzene rings is 1. The number of halogens is 2. The van der Waals surface area contributed by atoms with Gasteiger partial charge in [-0.2, -0.15) is 0 Å². The first-order chi connectivity index (χ1) is 14.0. The number of hydrogen-bond donors (Lipinski definition) is 0. The molecule has 2 aromatic rings. The molecule has 0 spiro atoms. The molecule has 1 aliphatic heterocycles. The molecule has 0 atom stereocenters. The Kier molecular flexibility index (Phi) is 7.30. The zero-order valence-electron chi connectivity index (χ0n) is 15.9. The number of nitrogens with zero attached hydrogens (tertiary/aromatic N) is 3. The number of ketones is 1. The Balaban J connectivity index is 1.58. The average Bonchev–Trinajstić information content (AvgIpc) is 2.74. The number of rotatable bonds is 7. The highest BCUT2D eigenvalue weighted by Gasteiger charge is 2.21. The van der Waals surface area contributed by atoms with Crippen molar-refractivity contribution < 1.29 is 19.1 Å². The van der Waals surface area contributed by atoms with Crippen molar-refractivity contribution in [2.75, 3.05) is 51.3 Å². The lowest BCUT2D eigenvalue weighted by Gasteiger charge is -2.35. The number of hydrogen-bond acceptors (Lipinski definition) is 7. The fraction of sp³-hybridized carbons (Fsp3) is 0.350. The summed E-state index contributed by atoms with van der Waals surface area (Å²) in [6, 6.07) is 6.98. The number of Topliss-reactive ketones (excluding diaryl/α,β-unsaturated/α-hetero) is 1. The van der Waals surface area contributed by atoms with Gasteiger partial charge in [0, 0.05) is 49.8 Å². The number of piperazine rings is 1. The Morgan fingerprint density at radius 1 is 1.07 bits per heavy atom. The predicted molar refractivity (Wildman–Crippen MR) is 111 cm³/mol. The summed E-state index contributed by atoms with van der Waals surface area (Å²) in [5.74, 6) is -0.477. The minimum Gasteiger partial charge on any atom is -0.479 e. The Hall–Kier alpha value is -2.35. The Morgan fingerprint density at radius 3 is 2.28 bits per heavy atom. The van der Waals surface area contributed by atoms with E-state index in [1.807, 2.05) is 12.1 Å². The minimum atomic E-state index is -0.553. The van der Waals surface area contributed by atoms with Crippen molar-refractivity contribution in [2.24, 2.45) is 0 Å². The second-order valence-corrected chi connectivity index (χ2v) is 7.34. The van der Waals surface area contributed by atoms with E-state index in [1.165, 1.54) is 19.2 Å². The molecular weight excluding hydrogens is 417 g/mol. The monoisotopic (exact) mass is 437 g/mol. The molecule has 7 nitrogen and oxygen atoms in total. The molecule has 2 heterocycles. The summed E-state index contributed by atoms with van der Waals surface area (Å²) >= 11 is 12.4. The summed E-state index contributed by atoms with van der Waals surface area (Å²) in [7, 11) is 1.26. The van der Waals surface area contributed by atoms with Gasteiger partial charge in [0.25, 0.3) is 0 Å². The van der Waals surface area contributed by atoms with Crippen molar-refractivity contribution in [1.29, 1.82) is 0 Å². The maximum atomic E-state index is 12.7. The van der Waals surface area contributed by atoms with Crippen molar-refractivity contribution in [2.45, 2.75) is 0 Å². The molecule has 1 fully saturated rings. The predicted octanol–water partition coefficient (Wildman–Crippen LogP) is 2.95. The fourth-order valence-corrected chi connectivity index (χ4v) is 3.66. The van der Waals surface area contributed by atoms with Gasteiger partial charge >= 0.3 is 5.97 Å². The average molecular weight is 438 g/mol. The van der Waals surface area contributed by atoms with Crippen LogP contribution in [0.15, 0.2) is 36.7 Å². The van der Waals surface area contributed by atoms with Gasteiger partial charge in [-0.05, 0) is 24.3 Å². The van der Waals surface area contributed by atoms with E-state index in [-0.39, 0.29) is 34.7 Å². The lowest BCUT2D eigenvalue weighted by atomic mass is 10.1. The van der Waals surface area contributed by atoms with Crippen molar-refractivity contribution in [3.63, 3.8) is 0 Å². The highest BCUT2D eigenvalue weighted by atomic mass is 35.5. The van der Waals surface area contributed by atoms with Crippen molar-refractivity contribution >= 4 is 40.6 Å². The van der Waals surface area contributed by atoms with Crippen LogP contribution in [0, 0.1) is 0 Å². The lowest BCUT2D eigenvalue weighted by molar-refractivity contribution is -0.142. The molecule has 154 valence electrons. The van der Waals surface area contributed by atoms with Gasteiger partial charge in [0.05, 0.1) is 23.7 Å². The number of esters is 1. The van der Waals surface area contributed by atoms with Gasteiger partial charge in [0.15, 0.2) is 18.1 Å². The van der Waals surface area contributed by atoms with Crippen molar-refractivity contribution in [3.05, 3.63) is 52.3 Å². The van der Waals surface area contributed by atoms with Gasteiger partial charge in [-0.15, -0.1) is 0 Å². The fourth-order valence-electron chi connectivity index (χ4n) is 3.06. The van der Waals surface area contributed by atoms with E-state index in [0.717, 1.165) is 31.9 Å². The summed E-state index contributed by atoms with van der Waals surface area (Å²) in [6.45, 7) is 3.17. The second kappa shape index (κ2) is 9.91. The van der Waals surface area contributed by atoms with Crippen LogP contribution < -0.4 is 9.64 Å². The standard InChI is InChI=1S/C20H21Cl2N3O4/c1-28-19(27)13-29-20-16(21)10-14(11-17(20)22)18(26)12-24-6-8-25(9-7-24)15-2-4-23-5-3-15/h2-5,10-11H,6-9,12-13H2,1H3. The first-order valence-corrected chi connectivity index (χ1v) is 9.82. The smallest absolute Gasteiger partial charge is 0.343 e. The van der Waals surface area contributed by atoms with Crippen LogP contribution in [0.5, 0.6) is 5.75 Å². The molecule has 0 N–H and O–H groups in total.